The summed E-state index contributed by atoms with van der Waals surface area (Å²) in [6.07, 6.45) is -4.59. The Bertz CT molecular complexity index is 763. The molecule has 8 nitrogen and oxygen atoms in total. The number of benzene rings is 1. The summed E-state index contributed by atoms with van der Waals surface area (Å²) in [6, 6.07) is 5.02. The SMILES string of the molecule is CC(=O)N1CCN(C(=O)CCC(=O)N[C@@H](C)CNc2ccc(OC(F)(F)F)cc2)CC1. The van der Waals surface area contributed by atoms with E-state index in [0.717, 1.165) is 0 Å². The Hall–Kier alpha value is -2.98. The van der Waals surface area contributed by atoms with Crippen molar-refractivity contribution in [2.24, 2.45) is 0 Å². The van der Waals surface area contributed by atoms with E-state index in [-0.39, 0.29) is 42.4 Å². The largest absolute Gasteiger partial charge is 0.573 e. The highest BCUT2D eigenvalue weighted by atomic mass is 19.4. The van der Waals surface area contributed by atoms with Gasteiger partial charge in [-0.25, -0.2) is 0 Å². The van der Waals surface area contributed by atoms with Gasteiger partial charge < -0.3 is 25.2 Å². The number of carbonyl (C=O) groups is 3. The molecule has 0 saturated carbocycles. The molecule has 2 N–H and O–H groups in total. The minimum atomic E-state index is -4.74. The van der Waals surface area contributed by atoms with E-state index in [1.807, 2.05) is 0 Å². The number of ether oxygens (including phenoxy) is 1. The predicted molar refractivity (Wildman–Crippen MR) is 107 cm³/mol. The molecule has 1 atom stereocenters. The van der Waals surface area contributed by atoms with Gasteiger partial charge in [0.2, 0.25) is 17.7 Å². The first-order valence-corrected chi connectivity index (χ1v) is 9.96. The maximum absolute atomic E-state index is 12.2. The molecule has 1 fully saturated rings. The molecule has 0 spiro atoms. The van der Waals surface area contributed by atoms with Gasteiger partial charge in [-0.2, -0.15) is 0 Å². The molecule has 0 aromatic heterocycles. The Labute approximate surface area is 178 Å². The first-order valence-electron chi connectivity index (χ1n) is 9.96. The Kier molecular flexibility index (Phi) is 8.52. The van der Waals surface area contributed by atoms with E-state index in [9.17, 15) is 27.6 Å². The van der Waals surface area contributed by atoms with Gasteiger partial charge in [0.1, 0.15) is 5.75 Å². The number of anilines is 1. The lowest BCUT2D eigenvalue weighted by Crippen LogP contribution is -2.50. The lowest BCUT2D eigenvalue weighted by molar-refractivity contribution is -0.274. The fourth-order valence-corrected chi connectivity index (χ4v) is 3.09. The number of hydrogen-bond acceptors (Lipinski definition) is 5. The summed E-state index contributed by atoms with van der Waals surface area (Å²) < 4.78 is 40.3. The van der Waals surface area contributed by atoms with E-state index in [0.29, 0.717) is 38.4 Å². The number of alkyl halides is 3. The fraction of sp³-hybridized carbons (Fsp3) is 0.550. The second-order valence-electron chi connectivity index (χ2n) is 7.31. The van der Waals surface area contributed by atoms with Gasteiger partial charge in [0.25, 0.3) is 0 Å². The van der Waals surface area contributed by atoms with Gasteiger partial charge in [-0.3, -0.25) is 14.4 Å². The van der Waals surface area contributed by atoms with Crippen LogP contribution in [0.2, 0.25) is 0 Å². The van der Waals surface area contributed by atoms with E-state index in [1.165, 1.54) is 31.2 Å². The molecule has 172 valence electrons. The van der Waals surface area contributed by atoms with Crippen molar-refractivity contribution in [1.29, 1.82) is 0 Å². The van der Waals surface area contributed by atoms with Crippen molar-refractivity contribution >= 4 is 23.4 Å². The van der Waals surface area contributed by atoms with Crippen molar-refractivity contribution in [2.75, 3.05) is 38.0 Å². The van der Waals surface area contributed by atoms with Crippen LogP contribution >= 0.6 is 0 Å². The van der Waals surface area contributed by atoms with Crippen LogP contribution in [0.25, 0.3) is 0 Å². The quantitative estimate of drug-likeness (QED) is 0.640. The Balaban J connectivity index is 1.66. The third kappa shape index (κ3) is 8.73. The molecule has 0 unspecified atom stereocenters. The highest BCUT2D eigenvalue weighted by Crippen LogP contribution is 2.23. The molecule has 1 aromatic rings. The van der Waals surface area contributed by atoms with Gasteiger partial charge in [0.15, 0.2) is 0 Å². The Morgan fingerprint density at radius 2 is 1.61 bits per heavy atom. The monoisotopic (exact) mass is 444 g/mol. The average molecular weight is 444 g/mol. The lowest BCUT2D eigenvalue weighted by Gasteiger charge is -2.34. The van der Waals surface area contributed by atoms with Crippen LogP contribution in [0.1, 0.15) is 26.7 Å². The molecule has 11 heteroatoms. The topological polar surface area (TPSA) is 91.0 Å². The Morgan fingerprint density at radius 1 is 1.03 bits per heavy atom. The van der Waals surface area contributed by atoms with Crippen LogP contribution in [0.15, 0.2) is 24.3 Å². The summed E-state index contributed by atoms with van der Waals surface area (Å²) in [4.78, 5) is 39.0. The second kappa shape index (κ2) is 10.9. The minimum Gasteiger partial charge on any atom is -0.406 e. The zero-order valence-corrected chi connectivity index (χ0v) is 17.5. The highest BCUT2D eigenvalue weighted by Gasteiger charge is 2.31. The number of rotatable bonds is 8. The van der Waals surface area contributed by atoms with E-state index in [2.05, 4.69) is 15.4 Å². The molecule has 1 saturated heterocycles. The summed E-state index contributed by atoms with van der Waals surface area (Å²) in [7, 11) is 0. The van der Waals surface area contributed by atoms with Gasteiger partial charge in [-0.1, -0.05) is 0 Å². The molecule has 1 aromatic carbocycles. The molecule has 1 aliphatic heterocycles. The summed E-state index contributed by atoms with van der Waals surface area (Å²) in [5, 5.41) is 5.79. The van der Waals surface area contributed by atoms with Crippen LogP contribution < -0.4 is 15.4 Å². The normalized spacial score (nSPS) is 15.3. The number of nitrogens with one attached hydrogen (secondary N) is 2. The summed E-state index contributed by atoms with van der Waals surface area (Å²) in [5.41, 5.74) is 0.579. The van der Waals surface area contributed by atoms with Crippen LogP contribution in [-0.4, -0.2) is 72.6 Å². The fourth-order valence-electron chi connectivity index (χ4n) is 3.09. The average Bonchev–Trinajstić information content (AvgIpc) is 2.70. The summed E-state index contributed by atoms with van der Waals surface area (Å²) in [6.45, 7) is 5.55. The first kappa shape index (κ1) is 24.3. The lowest BCUT2D eigenvalue weighted by atomic mass is 10.2. The van der Waals surface area contributed by atoms with Crippen LogP contribution in [0.4, 0.5) is 18.9 Å². The van der Waals surface area contributed by atoms with E-state index >= 15 is 0 Å². The number of hydrogen-bond donors (Lipinski definition) is 2. The third-order valence-electron chi connectivity index (χ3n) is 4.75. The van der Waals surface area contributed by atoms with Crippen molar-refractivity contribution in [2.45, 2.75) is 39.1 Å². The van der Waals surface area contributed by atoms with E-state index < -0.39 is 6.36 Å². The molecule has 0 radical (unpaired) electrons. The van der Waals surface area contributed by atoms with Crippen molar-refractivity contribution in [3.8, 4) is 5.75 Å². The van der Waals surface area contributed by atoms with Gasteiger partial charge in [0, 0.05) is 64.2 Å². The number of nitrogens with zero attached hydrogens (tertiary/aromatic N) is 2. The Morgan fingerprint density at radius 3 is 2.16 bits per heavy atom. The molecular formula is C20H27F3N4O4. The minimum absolute atomic E-state index is 0.0142. The van der Waals surface area contributed by atoms with Crippen LogP contribution in [0.5, 0.6) is 5.75 Å². The van der Waals surface area contributed by atoms with E-state index in [4.69, 9.17) is 0 Å². The maximum Gasteiger partial charge on any atom is 0.573 e. The maximum atomic E-state index is 12.2. The van der Waals surface area contributed by atoms with Crippen molar-refractivity contribution < 1.29 is 32.3 Å². The smallest absolute Gasteiger partial charge is 0.406 e. The molecule has 31 heavy (non-hydrogen) atoms. The zero-order chi connectivity index (χ0) is 23.0. The van der Waals surface area contributed by atoms with Gasteiger partial charge >= 0.3 is 6.36 Å². The van der Waals surface area contributed by atoms with Gasteiger partial charge in [0.05, 0.1) is 0 Å². The molecule has 1 heterocycles. The third-order valence-corrected chi connectivity index (χ3v) is 4.75. The number of halogens is 3. The molecule has 0 bridgehead atoms. The van der Waals surface area contributed by atoms with Crippen molar-refractivity contribution in [3.63, 3.8) is 0 Å². The summed E-state index contributed by atoms with van der Waals surface area (Å²) in [5.74, 6) is -0.712. The predicted octanol–water partition coefficient (Wildman–Crippen LogP) is 1.97. The number of carbonyl (C=O) groups excluding carboxylic acids is 3. The van der Waals surface area contributed by atoms with Crippen LogP contribution in [-0.2, 0) is 14.4 Å². The second-order valence-corrected chi connectivity index (χ2v) is 7.31. The van der Waals surface area contributed by atoms with Crippen molar-refractivity contribution in [3.05, 3.63) is 24.3 Å². The van der Waals surface area contributed by atoms with Crippen LogP contribution in [0.3, 0.4) is 0 Å². The number of piperazine rings is 1. The molecule has 3 amide bonds. The molecule has 0 aliphatic carbocycles. The van der Waals surface area contributed by atoms with E-state index in [1.54, 1.807) is 16.7 Å². The summed E-state index contributed by atoms with van der Waals surface area (Å²) >= 11 is 0. The van der Waals surface area contributed by atoms with Gasteiger partial charge in [-0.05, 0) is 31.2 Å². The van der Waals surface area contributed by atoms with Crippen molar-refractivity contribution in [1.82, 2.24) is 15.1 Å². The zero-order valence-electron chi connectivity index (χ0n) is 17.5. The number of amides is 3. The standard InChI is InChI=1S/C20H27F3N4O4/c1-14(13-24-16-3-5-17(6-4-16)31-20(21,22)23)25-18(29)7-8-19(30)27-11-9-26(10-12-27)15(2)28/h3-6,14,24H,7-13H2,1-2H3,(H,25,29)/t14-/m0/s1. The molecule has 1 aliphatic rings. The molecular weight excluding hydrogens is 417 g/mol. The highest BCUT2D eigenvalue weighted by molar-refractivity contribution is 5.84. The first-order chi connectivity index (χ1) is 14.5. The van der Waals surface area contributed by atoms with Crippen LogP contribution in [0, 0.1) is 0 Å². The molecule has 2 rings (SSSR count). The van der Waals surface area contributed by atoms with Gasteiger partial charge in [-0.15, -0.1) is 13.2 Å².